The minimum absolute atomic E-state index is 0.395. The maximum Gasteiger partial charge on any atom is 0.145 e. The van der Waals surface area contributed by atoms with E-state index in [2.05, 4.69) is 5.10 Å². The molecule has 0 aliphatic carbocycles. The summed E-state index contributed by atoms with van der Waals surface area (Å²) in [6.07, 6.45) is 1.53. The quantitative estimate of drug-likeness (QED) is 0.803. The molecular formula is C10H5Cl2N3S. The van der Waals surface area contributed by atoms with Crippen LogP contribution in [-0.4, -0.2) is 9.78 Å². The molecular weight excluding hydrogens is 265 g/mol. The Bertz CT molecular complexity index is 636. The van der Waals surface area contributed by atoms with Crippen molar-refractivity contribution in [3.8, 4) is 11.8 Å². The van der Waals surface area contributed by atoms with Gasteiger partial charge in [0.05, 0.1) is 10.7 Å². The predicted molar refractivity (Wildman–Crippen MR) is 65.7 cm³/mol. The monoisotopic (exact) mass is 269 g/mol. The highest BCUT2D eigenvalue weighted by Crippen LogP contribution is 2.24. The van der Waals surface area contributed by atoms with Crippen molar-refractivity contribution in [3.63, 3.8) is 0 Å². The molecule has 0 saturated carbocycles. The summed E-state index contributed by atoms with van der Waals surface area (Å²) >= 11 is 16.9. The average molecular weight is 270 g/mol. The average Bonchev–Trinajstić information content (AvgIpc) is 2.60. The number of nitrogens with zero attached hydrogens (tertiary/aromatic N) is 2. The number of hydrogen-bond donors (Lipinski definition) is 1. The maximum atomic E-state index is 8.79. The van der Waals surface area contributed by atoms with Crippen LogP contribution in [0.5, 0.6) is 0 Å². The second-order valence-electron chi connectivity index (χ2n) is 3.04. The SMILES string of the molecule is N#Cc1c[nH]n(-c2ccc(Cl)cc2Cl)c1=S. The Labute approximate surface area is 107 Å². The lowest BCUT2D eigenvalue weighted by Crippen LogP contribution is -1.96. The third-order valence-corrected chi connectivity index (χ3v) is 2.98. The van der Waals surface area contributed by atoms with Gasteiger partial charge < -0.3 is 0 Å². The number of aromatic amines is 1. The molecule has 0 atom stereocenters. The van der Waals surface area contributed by atoms with Gasteiger partial charge in [-0.05, 0) is 18.2 Å². The van der Waals surface area contributed by atoms with Gasteiger partial charge in [-0.3, -0.25) is 5.10 Å². The van der Waals surface area contributed by atoms with Crippen molar-refractivity contribution in [3.05, 3.63) is 44.6 Å². The van der Waals surface area contributed by atoms with Crippen molar-refractivity contribution < 1.29 is 0 Å². The Morgan fingerprint density at radius 2 is 2.12 bits per heavy atom. The molecule has 3 nitrogen and oxygen atoms in total. The Morgan fingerprint density at radius 3 is 2.69 bits per heavy atom. The number of nitrogens with one attached hydrogen (secondary N) is 1. The molecule has 1 heterocycles. The number of hydrogen-bond acceptors (Lipinski definition) is 2. The molecule has 1 aromatic heterocycles. The van der Waals surface area contributed by atoms with Gasteiger partial charge in [-0.15, -0.1) is 0 Å². The molecule has 16 heavy (non-hydrogen) atoms. The normalized spacial score (nSPS) is 10.1. The molecule has 0 bridgehead atoms. The first kappa shape index (κ1) is 11.2. The van der Waals surface area contributed by atoms with E-state index in [1.807, 2.05) is 6.07 Å². The fourth-order valence-electron chi connectivity index (χ4n) is 1.29. The summed E-state index contributed by atoms with van der Waals surface area (Å²) in [5.74, 6) is 0. The summed E-state index contributed by atoms with van der Waals surface area (Å²) in [6.45, 7) is 0. The lowest BCUT2D eigenvalue weighted by molar-refractivity contribution is 0.869. The molecule has 1 aromatic carbocycles. The summed E-state index contributed by atoms with van der Waals surface area (Å²) in [4.78, 5) is 0. The number of aromatic nitrogens is 2. The highest BCUT2D eigenvalue weighted by atomic mass is 35.5. The first-order valence-electron chi connectivity index (χ1n) is 4.29. The highest BCUT2D eigenvalue weighted by Gasteiger charge is 2.07. The standard InChI is InChI=1S/C10H5Cl2N3S/c11-7-1-2-9(8(12)3-7)15-10(16)6(4-13)5-14-15/h1-3,5,14H. The smallest absolute Gasteiger partial charge is 0.145 e. The van der Waals surface area contributed by atoms with Crippen LogP contribution in [0.15, 0.2) is 24.4 Å². The van der Waals surface area contributed by atoms with Gasteiger partial charge in [0.1, 0.15) is 16.3 Å². The molecule has 0 aliphatic heterocycles. The Balaban J connectivity index is 2.65. The number of nitriles is 1. The molecule has 6 heteroatoms. The molecule has 0 fully saturated rings. The van der Waals surface area contributed by atoms with E-state index in [0.29, 0.717) is 25.9 Å². The molecule has 0 amide bonds. The van der Waals surface area contributed by atoms with Gasteiger partial charge in [0.15, 0.2) is 0 Å². The van der Waals surface area contributed by atoms with Crippen molar-refractivity contribution >= 4 is 35.4 Å². The molecule has 2 rings (SSSR count). The topological polar surface area (TPSA) is 44.5 Å². The first-order valence-corrected chi connectivity index (χ1v) is 5.46. The van der Waals surface area contributed by atoms with Gasteiger partial charge in [0.2, 0.25) is 0 Å². The van der Waals surface area contributed by atoms with Crippen LogP contribution in [0.1, 0.15) is 5.56 Å². The van der Waals surface area contributed by atoms with E-state index in [-0.39, 0.29) is 0 Å². The molecule has 80 valence electrons. The summed E-state index contributed by atoms with van der Waals surface area (Å²) in [6, 6.07) is 7.05. The molecule has 2 aromatic rings. The van der Waals surface area contributed by atoms with Gasteiger partial charge in [-0.25, -0.2) is 4.68 Å². The van der Waals surface area contributed by atoms with Crippen LogP contribution in [0.3, 0.4) is 0 Å². The summed E-state index contributed by atoms with van der Waals surface area (Å²) in [7, 11) is 0. The molecule has 0 saturated heterocycles. The second-order valence-corrected chi connectivity index (χ2v) is 4.27. The van der Waals surface area contributed by atoms with Crippen molar-refractivity contribution in [2.75, 3.05) is 0 Å². The van der Waals surface area contributed by atoms with Gasteiger partial charge in [-0.2, -0.15) is 5.26 Å². The van der Waals surface area contributed by atoms with Crippen molar-refractivity contribution in [2.24, 2.45) is 0 Å². The van der Waals surface area contributed by atoms with Crippen LogP contribution in [0, 0.1) is 16.0 Å². The van der Waals surface area contributed by atoms with E-state index in [1.54, 1.807) is 22.9 Å². The summed E-state index contributed by atoms with van der Waals surface area (Å²) < 4.78 is 1.96. The van der Waals surface area contributed by atoms with Crippen molar-refractivity contribution in [1.82, 2.24) is 9.78 Å². The molecule has 0 unspecified atom stereocenters. The zero-order chi connectivity index (χ0) is 11.7. The van der Waals surface area contributed by atoms with Crippen LogP contribution in [0.2, 0.25) is 10.0 Å². The minimum atomic E-state index is 0.395. The van der Waals surface area contributed by atoms with Crippen LogP contribution < -0.4 is 0 Å². The lowest BCUT2D eigenvalue weighted by atomic mass is 10.3. The van der Waals surface area contributed by atoms with Gasteiger partial charge in [-0.1, -0.05) is 35.4 Å². The van der Waals surface area contributed by atoms with E-state index < -0.39 is 0 Å². The van der Waals surface area contributed by atoms with Gasteiger partial charge in [0.25, 0.3) is 0 Å². The predicted octanol–water partition coefficient (Wildman–Crippen LogP) is 3.71. The third-order valence-electron chi connectivity index (χ3n) is 2.04. The van der Waals surface area contributed by atoms with Gasteiger partial charge in [0, 0.05) is 11.2 Å². The van der Waals surface area contributed by atoms with Gasteiger partial charge >= 0.3 is 0 Å². The number of benzene rings is 1. The van der Waals surface area contributed by atoms with E-state index >= 15 is 0 Å². The molecule has 0 spiro atoms. The maximum absolute atomic E-state index is 8.79. The number of halogens is 2. The van der Waals surface area contributed by atoms with Crippen molar-refractivity contribution in [1.29, 1.82) is 5.26 Å². The second kappa shape index (κ2) is 4.30. The number of H-pyrrole nitrogens is 1. The van der Waals surface area contributed by atoms with E-state index in [1.165, 1.54) is 6.20 Å². The zero-order valence-electron chi connectivity index (χ0n) is 7.87. The van der Waals surface area contributed by atoms with Crippen molar-refractivity contribution in [2.45, 2.75) is 0 Å². The Kier molecular flexibility index (Phi) is 3.01. The highest BCUT2D eigenvalue weighted by molar-refractivity contribution is 7.71. The van der Waals surface area contributed by atoms with E-state index in [4.69, 9.17) is 40.7 Å². The fourth-order valence-corrected chi connectivity index (χ4v) is 2.04. The largest absolute Gasteiger partial charge is 0.299 e. The number of rotatable bonds is 1. The third kappa shape index (κ3) is 1.85. The Morgan fingerprint density at radius 1 is 1.38 bits per heavy atom. The van der Waals surface area contributed by atoms with Crippen LogP contribution in [0.4, 0.5) is 0 Å². The Hall–Kier alpha value is -1.28. The van der Waals surface area contributed by atoms with Crippen LogP contribution in [0.25, 0.3) is 5.69 Å². The summed E-state index contributed by atoms with van der Waals surface area (Å²) in [5, 5.41) is 12.7. The van der Waals surface area contributed by atoms with E-state index in [9.17, 15) is 0 Å². The first-order chi connectivity index (χ1) is 7.63. The lowest BCUT2D eigenvalue weighted by Gasteiger charge is -2.05. The van der Waals surface area contributed by atoms with Crippen LogP contribution in [-0.2, 0) is 0 Å². The van der Waals surface area contributed by atoms with Crippen LogP contribution >= 0.6 is 35.4 Å². The molecule has 0 radical (unpaired) electrons. The molecule has 1 N–H and O–H groups in total. The minimum Gasteiger partial charge on any atom is -0.299 e. The fraction of sp³-hybridized carbons (Fsp3) is 0. The zero-order valence-corrected chi connectivity index (χ0v) is 10.2. The summed E-state index contributed by atoms with van der Waals surface area (Å²) in [5.41, 5.74) is 1.07. The molecule has 0 aliphatic rings. The van der Waals surface area contributed by atoms with E-state index in [0.717, 1.165) is 0 Å².